The highest BCUT2D eigenvalue weighted by Crippen LogP contribution is 2.32. The molecule has 0 saturated carbocycles. The second-order valence-corrected chi connectivity index (χ2v) is 9.71. The molecule has 0 spiro atoms. The van der Waals surface area contributed by atoms with Crippen LogP contribution in [-0.4, -0.2) is 70.1 Å². The lowest BCUT2D eigenvalue weighted by Gasteiger charge is -2.35. The zero-order valence-electron chi connectivity index (χ0n) is 17.8. The first-order chi connectivity index (χ1) is 15.7. The van der Waals surface area contributed by atoms with Gasteiger partial charge in [-0.3, -0.25) is 14.5 Å². The zero-order chi connectivity index (χ0) is 22.1. The first-order valence-corrected chi connectivity index (χ1v) is 12.8. The molecule has 1 saturated heterocycles. The van der Waals surface area contributed by atoms with E-state index in [-0.39, 0.29) is 0 Å². The minimum Gasteiger partial charge on any atom is -0.338 e. The van der Waals surface area contributed by atoms with Crippen molar-refractivity contribution < 1.29 is 0 Å². The van der Waals surface area contributed by atoms with Gasteiger partial charge in [-0.15, -0.1) is 10.2 Å². The van der Waals surface area contributed by atoms with Crippen molar-refractivity contribution >= 4 is 46.6 Å². The first kappa shape index (κ1) is 21.8. The van der Waals surface area contributed by atoms with Gasteiger partial charge < -0.3 is 4.90 Å². The van der Waals surface area contributed by atoms with E-state index < -0.39 is 0 Å². The van der Waals surface area contributed by atoms with Crippen molar-refractivity contribution in [1.82, 2.24) is 19.7 Å². The van der Waals surface area contributed by atoms with Crippen LogP contribution in [0.25, 0.3) is 5.69 Å². The maximum Gasteiger partial charge on any atom is 0.232 e. The van der Waals surface area contributed by atoms with E-state index in [4.69, 9.17) is 28.2 Å². The van der Waals surface area contributed by atoms with Crippen molar-refractivity contribution in [2.24, 2.45) is 4.99 Å². The van der Waals surface area contributed by atoms with Crippen LogP contribution in [0.5, 0.6) is 0 Å². The summed E-state index contributed by atoms with van der Waals surface area (Å²) < 4.78 is 2.14. The Morgan fingerprint density at radius 1 is 0.969 bits per heavy atom. The number of anilines is 1. The Morgan fingerprint density at radius 2 is 1.78 bits per heavy atom. The van der Waals surface area contributed by atoms with Crippen LogP contribution >= 0.6 is 35.0 Å². The summed E-state index contributed by atoms with van der Waals surface area (Å²) in [5.41, 5.74) is 3.63. The number of aliphatic imine (C=N–C) groups is 1. The molecule has 3 heterocycles. The molecule has 6 nitrogen and oxygen atoms in total. The van der Waals surface area contributed by atoms with Gasteiger partial charge in [0.2, 0.25) is 5.95 Å². The Labute approximate surface area is 202 Å². The summed E-state index contributed by atoms with van der Waals surface area (Å²) in [5.74, 6) is 2.84. The minimum atomic E-state index is 0.424. The van der Waals surface area contributed by atoms with Crippen LogP contribution < -0.4 is 4.90 Å². The van der Waals surface area contributed by atoms with E-state index in [1.807, 2.05) is 54.2 Å². The van der Waals surface area contributed by atoms with E-state index in [0.717, 1.165) is 72.8 Å². The van der Waals surface area contributed by atoms with E-state index >= 15 is 0 Å². The van der Waals surface area contributed by atoms with E-state index in [9.17, 15) is 0 Å². The van der Waals surface area contributed by atoms with Crippen LogP contribution in [0.15, 0.2) is 47.5 Å². The number of fused-ring (bicyclic) bond motifs is 3. The molecular formula is C23H24Cl2N6S. The molecule has 0 atom stereocenters. The van der Waals surface area contributed by atoms with E-state index in [0.29, 0.717) is 16.6 Å². The quantitative estimate of drug-likeness (QED) is 0.534. The van der Waals surface area contributed by atoms with E-state index in [1.54, 1.807) is 0 Å². The summed E-state index contributed by atoms with van der Waals surface area (Å²) in [6, 6.07) is 13.7. The fraction of sp³-hybridized carbons (Fsp3) is 0.348. The maximum absolute atomic E-state index is 6.54. The van der Waals surface area contributed by atoms with Gasteiger partial charge in [-0.1, -0.05) is 41.4 Å². The standard InChI is InChI=1S/C23H24Cl2N6S/c1-32-13-12-29-8-10-30(11-9-29)23-28-27-21-15-26-22(17-4-2-3-5-19(17)25)18-14-16(24)6-7-20(18)31(21)23/h2-7,14H,8-13,15H2,1H3. The fourth-order valence-corrected chi connectivity index (χ4v) is 5.10. The summed E-state index contributed by atoms with van der Waals surface area (Å²) in [6.07, 6.45) is 2.16. The third kappa shape index (κ3) is 4.15. The maximum atomic E-state index is 6.54. The molecule has 0 bridgehead atoms. The van der Waals surface area contributed by atoms with Gasteiger partial charge in [0.1, 0.15) is 6.54 Å². The molecule has 3 aromatic rings. The number of aromatic nitrogens is 3. The smallest absolute Gasteiger partial charge is 0.232 e. The highest BCUT2D eigenvalue weighted by molar-refractivity contribution is 7.98. The van der Waals surface area contributed by atoms with Gasteiger partial charge in [0.25, 0.3) is 0 Å². The third-order valence-electron chi connectivity index (χ3n) is 5.94. The molecule has 5 rings (SSSR count). The van der Waals surface area contributed by atoms with Crippen molar-refractivity contribution in [3.8, 4) is 5.69 Å². The minimum absolute atomic E-state index is 0.424. The van der Waals surface area contributed by atoms with Gasteiger partial charge in [0.15, 0.2) is 5.82 Å². The molecule has 0 amide bonds. The van der Waals surface area contributed by atoms with Crippen LogP contribution in [0.1, 0.15) is 17.0 Å². The number of piperazine rings is 1. The lowest BCUT2D eigenvalue weighted by atomic mass is 10.0. The van der Waals surface area contributed by atoms with E-state index in [1.165, 1.54) is 0 Å². The second kappa shape index (κ2) is 9.43. The van der Waals surface area contributed by atoms with Crippen molar-refractivity contribution in [2.75, 3.05) is 49.6 Å². The number of hydrogen-bond acceptors (Lipinski definition) is 6. The molecule has 2 aromatic carbocycles. The average molecular weight is 487 g/mol. The van der Waals surface area contributed by atoms with Crippen LogP contribution in [-0.2, 0) is 6.54 Å². The molecule has 32 heavy (non-hydrogen) atoms. The first-order valence-electron chi connectivity index (χ1n) is 10.7. The molecule has 166 valence electrons. The summed E-state index contributed by atoms with van der Waals surface area (Å²) in [5, 5.41) is 10.4. The molecular weight excluding hydrogens is 463 g/mol. The normalized spacial score (nSPS) is 16.3. The molecule has 1 fully saturated rings. The summed E-state index contributed by atoms with van der Waals surface area (Å²) in [6.45, 7) is 5.45. The number of thioether (sulfide) groups is 1. The number of nitrogens with zero attached hydrogens (tertiary/aromatic N) is 6. The second-order valence-electron chi connectivity index (χ2n) is 7.88. The molecule has 2 aliphatic rings. The Hall–Kier alpha value is -2.06. The lowest BCUT2D eigenvalue weighted by molar-refractivity contribution is 0.271. The van der Waals surface area contributed by atoms with Gasteiger partial charge in [-0.25, -0.2) is 0 Å². The summed E-state index contributed by atoms with van der Waals surface area (Å²) in [7, 11) is 0. The molecule has 0 aliphatic carbocycles. The van der Waals surface area contributed by atoms with Crippen molar-refractivity contribution in [3.63, 3.8) is 0 Å². The Bertz CT molecular complexity index is 1150. The molecule has 0 radical (unpaired) electrons. The Balaban J connectivity index is 1.53. The number of rotatable bonds is 5. The molecule has 0 N–H and O–H groups in total. The van der Waals surface area contributed by atoms with Crippen LogP contribution in [0.3, 0.4) is 0 Å². The van der Waals surface area contributed by atoms with Crippen LogP contribution in [0.4, 0.5) is 5.95 Å². The van der Waals surface area contributed by atoms with Crippen molar-refractivity contribution in [1.29, 1.82) is 0 Å². The van der Waals surface area contributed by atoms with Gasteiger partial charge in [0, 0.05) is 59.6 Å². The van der Waals surface area contributed by atoms with Gasteiger partial charge >= 0.3 is 0 Å². The Morgan fingerprint density at radius 3 is 2.56 bits per heavy atom. The topological polar surface area (TPSA) is 49.6 Å². The molecule has 0 unspecified atom stereocenters. The third-order valence-corrected chi connectivity index (χ3v) is 7.10. The summed E-state index contributed by atoms with van der Waals surface area (Å²) in [4.78, 5) is 9.74. The SMILES string of the molecule is CSCCN1CCN(c2nnc3n2-c2ccc(Cl)cc2C(c2ccccc2Cl)=NC3)CC1. The highest BCUT2D eigenvalue weighted by atomic mass is 35.5. The van der Waals surface area contributed by atoms with Gasteiger partial charge in [-0.05, 0) is 30.5 Å². The number of hydrogen-bond donors (Lipinski definition) is 0. The van der Waals surface area contributed by atoms with Crippen molar-refractivity contribution in [3.05, 3.63) is 69.5 Å². The monoisotopic (exact) mass is 486 g/mol. The molecule has 9 heteroatoms. The predicted molar refractivity (Wildman–Crippen MR) is 134 cm³/mol. The van der Waals surface area contributed by atoms with Crippen molar-refractivity contribution in [2.45, 2.75) is 6.54 Å². The highest BCUT2D eigenvalue weighted by Gasteiger charge is 2.28. The van der Waals surface area contributed by atoms with Crippen LogP contribution in [0.2, 0.25) is 10.0 Å². The largest absolute Gasteiger partial charge is 0.338 e. The molecule has 2 aliphatic heterocycles. The zero-order valence-corrected chi connectivity index (χ0v) is 20.2. The molecule has 1 aromatic heterocycles. The number of halogens is 2. The predicted octanol–water partition coefficient (Wildman–Crippen LogP) is 4.41. The average Bonchev–Trinajstić information content (AvgIpc) is 3.16. The van der Waals surface area contributed by atoms with Crippen LogP contribution in [0, 0.1) is 0 Å². The van der Waals surface area contributed by atoms with E-state index in [2.05, 4.69) is 30.8 Å². The lowest BCUT2D eigenvalue weighted by Crippen LogP contribution is -2.47. The van der Waals surface area contributed by atoms with Gasteiger partial charge in [0.05, 0.1) is 11.4 Å². The number of benzene rings is 2. The Kier molecular flexibility index (Phi) is 6.42. The fourth-order valence-electron chi connectivity index (χ4n) is 4.26. The van der Waals surface area contributed by atoms with Gasteiger partial charge in [-0.2, -0.15) is 11.8 Å². The summed E-state index contributed by atoms with van der Waals surface area (Å²) >= 11 is 14.9.